The Hall–Kier alpha value is -2.21. The smallest absolute Gasteiger partial charge is 0.339 e. The van der Waals surface area contributed by atoms with Crippen LogP contribution in [0.1, 0.15) is 21.6 Å². The number of rotatable bonds is 5. The minimum atomic E-state index is -1.02. The highest BCUT2D eigenvalue weighted by atomic mass is 19.1. The van der Waals surface area contributed by atoms with Gasteiger partial charge in [0.1, 0.15) is 11.4 Å². The summed E-state index contributed by atoms with van der Waals surface area (Å²) in [4.78, 5) is 11.0. The second kappa shape index (κ2) is 5.62. The molecule has 0 atom stereocenters. The summed E-state index contributed by atoms with van der Waals surface area (Å²) in [5.41, 5.74) is 1.26. The van der Waals surface area contributed by atoms with Crippen molar-refractivity contribution >= 4 is 5.97 Å². The molecule has 1 aromatic carbocycles. The van der Waals surface area contributed by atoms with Crippen LogP contribution < -0.4 is 5.32 Å². The third-order valence-electron chi connectivity index (χ3n) is 2.86. The van der Waals surface area contributed by atoms with Gasteiger partial charge >= 0.3 is 5.97 Å². The highest BCUT2D eigenvalue weighted by Gasteiger charge is 2.14. The first-order chi connectivity index (χ1) is 9.09. The summed E-state index contributed by atoms with van der Waals surface area (Å²) in [5, 5.41) is 15.9. The Bertz CT molecular complexity index is 595. The highest BCUT2D eigenvalue weighted by molar-refractivity contribution is 5.88. The zero-order valence-corrected chi connectivity index (χ0v) is 10.4. The second-order valence-corrected chi connectivity index (χ2v) is 4.13. The van der Waals surface area contributed by atoms with E-state index in [1.165, 1.54) is 16.9 Å². The van der Waals surface area contributed by atoms with Crippen LogP contribution >= 0.6 is 0 Å². The number of benzene rings is 1. The van der Waals surface area contributed by atoms with Crippen molar-refractivity contribution in [3.63, 3.8) is 0 Å². The van der Waals surface area contributed by atoms with Gasteiger partial charge in [0.25, 0.3) is 0 Å². The van der Waals surface area contributed by atoms with E-state index >= 15 is 0 Å². The van der Waals surface area contributed by atoms with Gasteiger partial charge in [-0.25, -0.2) is 9.18 Å². The van der Waals surface area contributed by atoms with Crippen LogP contribution in [0.25, 0.3) is 0 Å². The van der Waals surface area contributed by atoms with Crippen molar-refractivity contribution in [2.45, 2.75) is 13.1 Å². The lowest BCUT2D eigenvalue weighted by atomic mass is 10.2. The van der Waals surface area contributed by atoms with Crippen molar-refractivity contribution in [1.82, 2.24) is 15.1 Å². The SMILES string of the molecule is Cn1ncc(C(=O)O)c1CNCc1ccccc1F. The number of aromatic carboxylic acids is 1. The van der Waals surface area contributed by atoms with E-state index in [9.17, 15) is 9.18 Å². The van der Waals surface area contributed by atoms with Crippen LogP contribution in [0.15, 0.2) is 30.5 Å². The van der Waals surface area contributed by atoms with E-state index in [-0.39, 0.29) is 11.4 Å². The normalized spacial score (nSPS) is 10.6. The molecule has 6 heteroatoms. The van der Waals surface area contributed by atoms with Gasteiger partial charge in [0.2, 0.25) is 0 Å². The third kappa shape index (κ3) is 2.97. The minimum absolute atomic E-state index is 0.156. The van der Waals surface area contributed by atoms with E-state index in [4.69, 9.17) is 5.11 Å². The first-order valence-corrected chi connectivity index (χ1v) is 5.78. The summed E-state index contributed by atoms with van der Waals surface area (Å²) >= 11 is 0. The summed E-state index contributed by atoms with van der Waals surface area (Å²) < 4.78 is 14.9. The average Bonchev–Trinajstić information content (AvgIpc) is 2.74. The Morgan fingerprint density at radius 2 is 2.16 bits per heavy atom. The van der Waals surface area contributed by atoms with Crippen LogP contribution in [-0.4, -0.2) is 20.9 Å². The molecule has 1 heterocycles. The van der Waals surface area contributed by atoms with Gasteiger partial charge in [-0.05, 0) is 6.07 Å². The lowest BCUT2D eigenvalue weighted by Gasteiger charge is -2.07. The number of carbonyl (C=O) groups is 1. The Morgan fingerprint density at radius 3 is 2.84 bits per heavy atom. The predicted octanol–water partition coefficient (Wildman–Crippen LogP) is 1.55. The Balaban J connectivity index is 2.02. The molecule has 0 unspecified atom stereocenters. The maximum absolute atomic E-state index is 13.4. The zero-order valence-electron chi connectivity index (χ0n) is 10.4. The van der Waals surface area contributed by atoms with Crippen molar-refractivity contribution < 1.29 is 14.3 Å². The monoisotopic (exact) mass is 263 g/mol. The molecule has 2 N–H and O–H groups in total. The third-order valence-corrected chi connectivity index (χ3v) is 2.86. The number of carboxylic acid groups (broad SMARTS) is 1. The summed E-state index contributed by atoms with van der Waals surface area (Å²) in [6.45, 7) is 0.642. The molecule has 0 saturated carbocycles. The summed E-state index contributed by atoms with van der Waals surface area (Å²) in [6.07, 6.45) is 1.31. The molecule has 1 aromatic heterocycles. The zero-order chi connectivity index (χ0) is 13.8. The first-order valence-electron chi connectivity index (χ1n) is 5.78. The molecule has 2 aromatic rings. The van der Waals surface area contributed by atoms with E-state index in [1.54, 1.807) is 25.2 Å². The quantitative estimate of drug-likeness (QED) is 0.858. The van der Waals surface area contributed by atoms with Crippen molar-refractivity contribution in [2.75, 3.05) is 0 Å². The first kappa shape index (κ1) is 13.2. The molecule has 0 spiro atoms. The van der Waals surface area contributed by atoms with E-state index in [0.29, 0.717) is 24.3 Å². The fourth-order valence-electron chi connectivity index (χ4n) is 1.81. The Labute approximate surface area is 109 Å². The van der Waals surface area contributed by atoms with Gasteiger partial charge in [-0.1, -0.05) is 18.2 Å². The van der Waals surface area contributed by atoms with Gasteiger partial charge in [-0.2, -0.15) is 5.10 Å². The summed E-state index contributed by atoms with van der Waals surface area (Å²) in [7, 11) is 1.67. The fourth-order valence-corrected chi connectivity index (χ4v) is 1.81. The number of nitrogens with one attached hydrogen (secondary N) is 1. The van der Waals surface area contributed by atoms with Crippen LogP contribution in [0.4, 0.5) is 4.39 Å². The molecule has 0 aliphatic carbocycles. The van der Waals surface area contributed by atoms with Gasteiger partial charge in [0, 0.05) is 25.7 Å². The van der Waals surface area contributed by atoms with Gasteiger partial charge in [-0.15, -0.1) is 0 Å². The van der Waals surface area contributed by atoms with E-state index < -0.39 is 5.97 Å². The number of aromatic nitrogens is 2. The molecule has 0 aliphatic rings. The second-order valence-electron chi connectivity index (χ2n) is 4.13. The summed E-state index contributed by atoms with van der Waals surface area (Å²) in [6, 6.07) is 6.46. The lowest BCUT2D eigenvalue weighted by Crippen LogP contribution is -2.18. The van der Waals surface area contributed by atoms with Crippen LogP contribution in [0.5, 0.6) is 0 Å². The number of halogens is 1. The van der Waals surface area contributed by atoms with Gasteiger partial charge in [0.15, 0.2) is 0 Å². The van der Waals surface area contributed by atoms with Crippen molar-refractivity contribution in [2.24, 2.45) is 7.05 Å². The van der Waals surface area contributed by atoms with E-state index in [2.05, 4.69) is 10.4 Å². The molecular formula is C13H14FN3O2. The van der Waals surface area contributed by atoms with E-state index in [1.807, 2.05) is 0 Å². The molecule has 100 valence electrons. The maximum Gasteiger partial charge on any atom is 0.339 e. The Kier molecular flexibility index (Phi) is 3.91. The van der Waals surface area contributed by atoms with Crippen molar-refractivity contribution in [1.29, 1.82) is 0 Å². The van der Waals surface area contributed by atoms with E-state index in [0.717, 1.165) is 0 Å². The fraction of sp³-hybridized carbons (Fsp3) is 0.231. The van der Waals surface area contributed by atoms with Gasteiger partial charge in [0.05, 0.1) is 11.9 Å². The molecular weight excluding hydrogens is 249 g/mol. The number of aryl methyl sites for hydroxylation is 1. The molecule has 0 amide bonds. The molecule has 19 heavy (non-hydrogen) atoms. The molecule has 2 rings (SSSR count). The standard InChI is InChI=1S/C13H14FN3O2/c1-17-12(10(7-16-17)13(18)19)8-15-6-9-4-2-3-5-11(9)14/h2-5,7,15H,6,8H2,1H3,(H,18,19). The molecule has 0 aliphatic heterocycles. The number of nitrogens with zero attached hydrogens (tertiary/aromatic N) is 2. The topological polar surface area (TPSA) is 67.2 Å². The predicted molar refractivity (Wildman–Crippen MR) is 67.1 cm³/mol. The number of hydrogen-bond acceptors (Lipinski definition) is 3. The summed E-state index contributed by atoms with van der Waals surface area (Å²) in [5.74, 6) is -1.30. The molecule has 0 bridgehead atoms. The molecule has 0 saturated heterocycles. The number of hydrogen-bond donors (Lipinski definition) is 2. The van der Waals surface area contributed by atoms with Gasteiger partial charge < -0.3 is 10.4 Å². The molecule has 0 radical (unpaired) electrons. The van der Waals surface area contributed by atoms with Crippen LogP contribution in [0.2, 0.25) is 0 Å². The van der Waals surface area contributed by atoms with Crippen LogP contribution in [-0.2, 0) is 20.1 Å². The van der Waals surface area contributed by atoms with Crippen molar-refractivity contribution in [3.05, 3.63) is 53.1 Å². The molecule has 5 nitrogen and oxygen atoms in total. The number of carboxylic acids is 1. The minimum Gasteiger partial charge on any atom is -0.478 e. The van der Waals surface area contributed by atoms with Crippen LogP contribution in [0, 0.1) is 5.82 Å². The largest absolute Gasteiger partial charge is 0.478 e. The van der Waals surface area contributed by atoms with Crippen LogP contribution in [0.3, 0.4) is 0 Å². The maximum atomic E-state index is 13.4. The molecule has 0 fully saturated rings. The van der Waals surface area contributed by atoms with Crippen molar-refractivity contribution in [3.8, 4) is 0 Å². The highest BCUT2D eigenvalue weighted by Crippen LogP contribution is 2.09. The average molecular weight is 263 g/mol. The Morgan fingerprint density at radius 1 is 1.42 bits per heavy atom. The lowest BCUT2D eigenvalue weighted by molar-refractivity contribution is 0.0695. The van der Waals surface area contributed by atoms with Gasteiger partial charge in [-0.3, -0.25) is 4.68 Å².